The zero-order valence-electron chi connectivity index (χ0n) is 21.7. The van der Waals surface area contributed by atoms with Gasteiger partial charge in [-0.2, -0.15) is 0 Å². The minimum atomic E-state index is 1.15. The van der Waals surface area contributed by atoms with E-state index >= 15 is 0 Å². The molecule has 0 N–H and O–H groups in total. The minimum Gasteiger partial charge on any atom is -0.0617 e. The van der Waals surface area contributed by atoms with E-state index in [9.17, 15) is 0 Å². The fraction of sp³-hybridized carbons (Fsp3) is 0.333. The lowest BCUT2D eigenvalue weighted by atomic mass is 9.96. The highest BCUT2D eigenvalue weighted by Crippen LogP contribution is 2.17. The third-order valence-electron chi connectivity index (χ3n) is 7.83. The molecule has 0 unspecified atom stereocenters. The maximum absolute atomic E-state index is 2.31. The summed E-state index contributed by atoms with van der Waals surface area (Å²) in [5, 5.41) is 0. The van der Waals surface area contributed by atoms with Crippen LogP contribution >= 0.6 is 0 Å². The van der Waals surface area contributed by atoms with Gasteiger partial charge in [0.2, 0.25) is 0 Å². The molecule has 0 heterocycles. The molecule has 0 saturated carbocycles. The summed E-state index contributed by atoms with van der Waals surface area (Å²) in [4.78, 5) is 0. The van der Waals surface area contributed by atoms with Gasteiger partial charge in [-0.3, -0.25) is 0 Å². The molecule has 8 bridgehead atoms. The average Bonchev–Trinajstić information content (AvgIpc) is 3.11. The fourth-order valence-electron chi connectivity index (χ4n) is 5.47. The third kappa shape index (κ3) is 7.44. The van der Waals surface area contributed by atoms with Gasteiger partial charge in [-0.05, 0) is 115 Å². The molecule has 0 atom stereocenters. The molecule has 0 heteroatoms. The van der Waals surface area contributed by atoms with Crippen molar-refractivity contribution in [2.24, 2.45) is 0 Å². The van der Waals surface area contributed by atoms with Gasteiger partial charge in [0.15, 0.2) is 0 Å². The molecular weight excluding hydrogens is 432 g/mol. The van der Waals surface area contributed by atoms with E-state index in [-0.39, 0.29) is 0 Å². The first-order valence-corrected chi connectivity index (χ1v) is 14.1. The van der Waals surface area contributed by atoms with Gasteiger partial charge in [0.25, 0.3) is 0 Å². The number of fused-ring (bicyclic) bond motifs is 8. The van der Waals surface area contributed by atoms with Gasteiger partial charge in [0, 0.05) is 0 Å². The van der Waals surface area contributed by atoms with Gasteiger partial charge in [-0.1, -0.05) is 103 Å². The molecule has 0 radical (unpaired) electrons. The summed E-state index contributed by atoms with van der Waals surface area (Å²) in [7, 11) is 0. The Balaban J connectivity index is 0.000000117. The Kier molecular flexibility index (Phi) is 8.68. The van der Waals surface area contributed by atoms with E-state index in [1.807, 2.05) is 0 Å². The highest BCUT2D eigenvalue weighted by atomic mass is 14.1. The Morgan fingerprint density at radius 1 is 0.250 bits per heavy atom. The first-order valence-electron chi connectivity index (χ1n) is 14.1. The van der Waals surface area contributed by atoms with E-state index in [0.717, 1.165) is 25.7 Å². The van der Waals surface area contributed by atoms with Gasteiger partial charge in [-0.15, -0.1) is 0 Å². The number of hydrogen-bond donors (Lipinski definition) is 0. The van der Waals surface area contributed by atoms with Crippen molar-refractivity contribution >= 4 is 0 Å². The van der Waals surface area contributed by atoms with E-state index in [2.05, 4.69) is 97.1 Å². The van der Waals surface area contributed by atoms with E-state index in [1.165, 1.54) is 95.9 Å². The van der Waals surface area contributed by atoms with Crippen molar-refractivity contribution in [3.63, 3.8) is 0 Å². The van der Waals surface area contributed by atoms with E-state index in [4.69, 9.17) is 0 Å². The van der Waals surface area contributed by atoms with Crippen LogP contribution in [0.3, 0.4) is 0 Å². The van der Waals surface area contributed by atoms with Gasteiger partial charge in [0.05, 0.1) is 0 Å². The van der Waals surface area contributed by atoms with Crippen LogP contribution in [0.25, 0.3) is 0 Å². The normalized spacial score (nSPS) is 15.6. The lowest BCUT2D eigenvalue weighted by Crippen LogP contribution is -1.97. The maximum Gasteiger partial charge on any atom is -0.0238 e. The van der Waals surface area contributed by atoms with Crippen LogP contribution in [0.15, 0.2) is 97.1 Å². The van der Waals surface area contributed by atoms with Crippen LogP contribution in [-0.4, -0.2) is 0 Å². The predicted molar refractivity (Wildman–Crippen MR) is 154 cm³/mol. The van der Waals surface area contributed by atoms with Gasteiger partial charge in [-0.25, -0.2) is 0 Å². The molecule has 0 aliphatic heterocycles. The van der Waals surface area contributed by atoms with Crippen LogP contribution in [0.4, 0.5) is 0 Å². The van der Waals surface area contributed by atoms with Crippen LogP contribution < -0.4 is 0 Å². The quantitative estimate of drug-likeness (QED) is 0.240. The molecule has 36 heavy (non-hydrogen) atoms. The van der Waals surface area contributed by atoms with Gasteiger partial charge < -0.3 is 0 Å². The molecule has 184 valence electrons. The number of benzene rings is 4. The molecule has 7 aliphatic carbocycles. The number of aryl methyl sites for hydroxylation is 8. The van der Waals surface area contributed by atoms with Crippen LogP contribution in [0.2, 0.25) is 0 Å². The van der Waals surface area contributed by atoms with E-state index < -0.39 is 0 Å². The molecule has 0 spiro atoms. The van der Waals surface area contributed by atoms with Crippen molar-refractivity contribution in [3.05, 3.63) is 142 Å². The number of rotatable bonds is 0. The van der Waals surface area contributed by atoms with Crippen molar-refractivity contribution < 1.29 is 0 Å². The molecule has 0 nitrogen and oxygen atoms in total. The third-order valence-corrected chi connectivity index (χ3v) is 7.83. The second-order valence-electron chi connectivity index (χ2n) is 10.7. The topological polar surface area (TPSA) is 0 Å². The Hall–Kier alpha value is -3.12. The minimum absolute atomic E-state index is 1.15. The van der Waals surface area contributed by atoms with Crippen LogP contribution in [0, 0.1) is 0 Å². The summed E-state index contributed by atoms with van der Waals surface area (Å²) in [5.41, 5.74) is 11.9. The maximum atomic E-state index is 2.31. The van der Waals surface area contributed by atoms with E-state index in [0.29, 0.717) is 0 Å². The van der Waals surface area contributed by atoms with Crippen LogP contribution in [0.1, 0.15) is 70.2 Å². The molecule has 4 aromatic carbocycles. The highest BCUT2D eigenvalue weighted by Gasteiger charge is 2.03. The molecule has 0 amide bonds. The smallest absolute Gasteiger partial charge is 0.0238 e. The van der Waals surface area contributed by atoms with Crippen molar-refractivity contribution in [3.8, 4) is 0 Å². The fourth-order valence-corrected chi connectivity index (χ4v) is 5.47. The molecule has 0 aromatic heterocycles. The zero-order chi connectivity index (χ0) is 24.4. The van der Waals surface area contributed by atoms with Crippen molar-refractivity contribution in [2.75, 3.05) is 0 Å². The summed E-state index contributed by atoms with van der Waals surface area (Å²) in [6.07, 6.45) is 15.2. The Morgan fingerprint density at radius 2 is 0.556 bits per heavy atom. The van der Waals surface area contributed by atoms with Gasteiger partial charge >= 0.3 is 0 Å². The SMILES string of the molecule is c1cc2cc(c1)CCC2.c1cc2ccc1CCCCC2.c1cc2ccc1CCc1ccc(cc1)CC2. The molecule has 11 rings (SSSR count). The molecule has 0 saturated heterocycles. The molecule has 4 aromatic rings. The standard InChI is InChI=1S/C16H16.C11H14.C9H10/c1-2-14-4-3-13(1)9-10-15-5-7-16(8-6-15)12-11-14;1-2-4-10-6-8-11(5-3-1)9-7-10;1-3-8-5-2-6-9(4-1)7-8/h1-8H,9-12H2;6-9H,1-5H2;1,3-4,7H,2,5-6H2. The second-order valence-corrected chi connectivity index (χ2v) is 10.7. The summed E-state index contributed by atoms with van der Waals surface area (Å²) >= 11 is 0. The second kappa shape index (κ2) is 12.7. The first-order chi connectivity index (χ1) is 17.8. The average molecular weight is 473 g/mol. The van der Waals surface area contributed by atoms with Gasteiger partial charge in [0.1, 0.15) is 0 Å². The summed E-state index contributed by atoms with van der Waals surface area (Å²) < 4.78 is 0. The Morgan fingerprint density at radius 3 is 0.889 bits per heavy atom. The van der Waals surface area contributed by atoms with Crippen molar-refractivity contribution in [2.45, 2.75) is 77.0 Å². The monoisotopic (exact) mass is 472 g/mol. The zero-order valence-corrected chi connectivity index (χ0v) is 21.7. The Labute approximate surface area is 218 Å². The largest absolute Gasteiger partial charge is 0.0617 e. The first kappa shape index (κ1) is 24.6. The molecular formula is C36H40. The molecule has 0 fully saturated rings. The van der Waals surface area contributed by atoms with Crippen molar-refractivity contribution in [1.29, 1.82) is 0 Å². The summed E-state index contributed by atoms with van der Waals surface area (Å²) in [6, 6.07) is 36.2. The summed E-state index contributed by atoms with van der Waals surface area (Å²) in [6.45, 7) is 0. The number of hydrogen-bond acceptors (Lipinski definition) is 0. The lowest BCUT2D eigenvalue weighted by Gasteiger charge is -2.10. The Bertz CT molecular complexity index is 1060. The van der Waals surface area contributed by atoms with Crippen LogP contribution in [-0.2, 0) is 51.4 Å². The van der Waals surface area contributed by atoms with E-state index in [1.54, 1.807) is 0 Å². The molecule has 7 aliphatic rings. The lowest BCUT2D eigenvalue weighted by molar-refractivity contribution is 0.686. The van der Waals surface area contributed by atoms with Crippen LogP contribution in [0.5, 0.6) is 0 Å². The summed E-state index contributed by atoms with van der Waals surface area (Å²) in [5.74, 6) is 0. The predicted octanol–water partition coefficient (Wildman–Crippen LogP) is 8.70. The highest BCUT2D eigenvalue weighted by molar-refractivity contribution is 5.29. The van der Waals surface area contributed by atoms with Crippen molar-refractivity contribution in [1.82, 2.24) is 0 Å².